The summed E-state index contributed by atoms with van der Waals surface area (Å²) in [7, 11) is 0. The van der Waals surface area contributed by atoms with Crippen LogP contribution >= 0.6 is 0 Å². The fourth-order valence-corrected chi connectivity index (χ4v) is 4.90. The Labute approximate surface area is 205 Å². The third-order valence-corrected chi connectivity index (χ3v) is 6.53. The Morgan fingerprint density at radius 3 is 2.51 bits per heavy atom. The molecule has 5 rings (SSSR count). The first-order chi connectivity index (χ1) is 17.2. The van der Waals surface area contributed by atoms with Gasteiger partial charge in [0.2, 0.25) is 5.90 Å². The van der Waals surface area contributed by atoms with Crippen molar-refractivity contribution in [3.05, 3.63) is 95.6 Å². The molecule has 0 fully saturated rings. The first kappa shape index (κ1) is 23.1. The van der Waals surface area contributed by atoms with Crippen LogP contribution in [-0.4, -0.2) is 42.2 Å². The molecule has 35 heavy (non-hydrogen) atoms. The summed E-state index contributed by atoms with van der Waals surface area (Å²) >= 11 is 0. The number of amides is 1. The van der Waals surface area contributed by atoms with Crippen molar-refractivity contribution in [2.45, 2.75) is 37.8 Å². The van der Waals surface area contributed by atoms with Crippen LogP contribution in [0, 0.1) is 0 Å². The van der Waals surface area contributed by atoms with Gasteiger partial charge in [0.05, 0.1) is 12.3 Å². The largest absolute Gasteiger partial charge is 0.494 e. The molecule has 3 aromatic rings. The number of hydrogen-bond donors (Lipinski definition) is 1. The Morgan fingerprint density at radius 1 is 1.03 bits per heavy atom. The highest BCUT2D eigenvalue weighted by molar-refractivity contribution is 6.09. The summed E-state index contributed by atoms with van der Waals surface area (Å²) in [5, 5.41) is 8.96. The van der Waals surface area contributed by atoms with Crippen molar-refractivity contribution in [3.63, 3.8) is 0 Å². The molecule has 0 unspecified atom stereocenters. The van der Waals surface area contributed by atoms with Gasteiger partial charge in [0.1, 0.15) is 5.75 Å². The number of aliphatic hydroxyl groups excluding tert-OH is 1. The van der Waals surface area contributed by atoms with Gasteiger partial charge in [-0.2, -0.15) is 0 Å². The number of benzene rings is 3. The molecule has 3 aromatic carbocycles. The minimum Gasteiger partial charge on any atom is -0.494 e. The van der Waals surface area contributed by atoms with E-state index in [0.29, 0.717) is 37.6 Å². The molecule has 1 amide bonds. The van der Waals surface area contributed by atoms with Gasteiger partial charge in [-0.1, -0.05) is 55.5 Å². The molecule has 180 valence electrons. The van der Waals surface area contributed by atoms with Crippen LogP contribution in [0.1, 0.15) is 42.6 Å². The van der Waals surface area contributed by atoms with Crippen molar-refractivity contribution in [1.82, 2.24) is 0 Å². The molecule has 2 heterocycles. The van der Waals surface area contributed by atoms with E-state index in [1.54, 1.807) is 0 Å². The van der Waals surface area contributed by atoms with E-state index in [1.165, 1.54) is 0 Å². The number of carbonyl (C=O) groups is 1. The summed E-state index contributed by atoms with van der Waals surface area (Å²) in [4.78, 5) is 21.1. The zero-order valence-electron chi connectivity index (χ0n) is 19.9. The smallest absolute Gasteiger partial charge is 0.259 e. The Hall–Kier alpha value is -3.64. The number of rotatable bonds is 9. The molecule has 2 aliphatic heterocycles. The molecule has 0 saturated heterocycles. The molecule has 0 radical (unpaired) electrons. The van der Waals surface area contributed by atoms with Crippen LogP contribution in [0.2, 0.25) is 0 Å². The zero-order chi connectivity index (χ0) is 24.3. The lowest BCUT2D eigenvalue weighted by Gasteiger charge is -2.41. The van der Waals surface area contributed by atoms with E-state index >= 15 is 0 Å². The molecule has 6 nitrogen and oxygen atoms in total. The van der Waals surface area contributed by atoms with Crippen LogP contribution in [-0.2, 0) is 16.0 Å². The highest BCUT2D eigenvalue weighted by Gasteiger charge is 2.58. The Bertz CT molecular complexity index is 1210. The third-order valence-electron chi connectivity index (χ3n) is 6.53. The number of nitrogens with zero attached hydrogens (tertiary/aromatic N) is 2. The first-order valence-electron chi connectivity index (χ1n) is 12.2. The molecule has 6 heteroatoms. The maximum Gasteiger partial charge on any atom is 0.259 e. The second-order valence-electron chi connectivity index (χ2n) is 8.97. The number of para-hydroxylation sites is 1. The number of anilines is 1. The minimum atomic E-state index is -1.07. The second kappa shape index (κ2) is 9.92. The molecular weight excluding hydrogens is 440 g/mol. The molecule has 0 aliphatic carbocycles. The van der Waals surface area contributed by atoms with Gasteiger partial charge in [-0.05, 0) is 42.3 Å². The summed E-state index contributed by atoms with van der Waals surface area (Å²) in [6.45, 7) is 3.26. The van der Waals surface area contributed by atoms with Gasteiger partial charge >= 0.3 is 0 Å². The van der Waals surface area contributed by atoms with E-state index < -0.39 is 11.6 Å². The van der Waals surface area contributed by atoms with Crippen LogP contribution in [0.5, 0.6) is 5.75 Å². The Kier molecular flexibility index (Phi) is 6.55. The van der Waals surface area contributed by atoms with Crippen molar-refractivity contribution < 1.29 is 19.4 Å². The van der Waals surface area contributed by atoms with Crippen LogP contribution in [0.15, 0.2) is 83.9 Å². The van der Waals surface area contributed by atoms with Crippen LogP contribution < -0.4 is 9.64 Å². The van der Waals surface area contributed by atoms with E-state index in [0.717, 1.165) is 28.8 Å². The average Bonchev–Trinajstić information content (AvgIpc) is 3.28. The van der Waals surface area contributed by atoms with E-state index in [9.17, 15) is 4.79 Å². The number of hydrogen-bond acceptors (Lipinski definition) is 5. The van der Waals surface area contributed by atoms with Gasteiger partial charge in [0, 0.05) is 37.1 Å². The number of aliphatic hydroxyl groups is 1. The summed E-state index contributed by atoms with van der Waals surface area (Å²) in [6, 6.07) is 25.6. The lowest BCUT2D eigenvalue weighted by Crippen LogP contribution is -2.55. The van der Waals surface area contributed by atoms with Crippen molar-refractivity contribution >= 4 is 17.5 Å². The number of fused-ring (bicyclic) bond motifs is 3. The first-order valence-corrected chi connectivity index (χ1v) is 12.2. The summed E-state index contributed by atoms with van der Waals surface area (Å²) < 4.78 is 12.2. The maximum absolute atomic E-state index is 14.2. The Morgan fingerprint density at radius 2 is 1.77 bits per heavy atom. The SMILES string of the molecule is CCCN1C(=O)[C@@]2(Cc3ccccc3)N=C(c3ccc(OCCCO)cc3)O[C@H]2c2ccccc21. The van der Waals surface area contributed by atoms with Gasteiger partial charge in [-0.3, -0.25) is 4.79 Å². The van der Waals surface area contributed by atoms with Gasteiger partial charge in [0.15, 0.2) is 11.6 Å². The molecule has 0 spiro atoms. The monoisotopic (exact) mass is 470 g/mol. The fourth-order valence-electron chi connectivity index (χ4n) is 4.90. The standard InChI is InChI=1S/C29H30N2O4/c1-2-17-31-25-12-7-6-11-24(25)26-29(28(31)33,20-21-9-4-3-5-10-21)30-27(35-26)22-13-15-23(16-14-22)34-19-8-18-32/h3-7,9-16,26,32H,2,8,17-20H2,1H3/t26-,29-/m0/s1. The summed E-state index contributed by atoms with van der Waals surface area (Å²) in [6.07, 6.45) is 1.38. The van der Waals surface area contributed by atoms with Crippen molar-refractivity contribution in [3.8, 4) is 5.75 Å². The lowest BCUT2D eigenvalue weighted by atomic mass is 9.78. The van der Waals surface area contributed by atoms with Crippen LogP contribution in [0.25, 0.3) is 0 Å². The van der Waals surface area contributed by atoms with Crippen molar-refractivity contribution in [2.24, 2.45) is 4.99 Å². The highest BCUT2D eigenvalue weighted by atomic mass is 16.5. The zero-order valence-corrected chi connectivity index (χ0v) is 19.9. The van der Waals surface area contributed by atoms with Crippen molar-refractivity contribution in [1.29, 1.82) is 0 Å². The molecule has 1 N–H and O–H groups in total. The van der Waals surface area contributed by atoms with Crippen molar-refractivity contribution in [2.75, 3.05) is 24.7 Å². The molecule has 0 bridgehead atoms. The van der Waals surface area contributed by atoms with Gasteiger partial charge in [-0.15, -0.1) is 0 Å². The maximum atomic E-state index is 14.2. The Balaban J connectivity index is 1.56. The predicted octanol–water partition coefficient (Wildman–Crippen LogP) is 4.70. The molecule has 2 atom stereocenters. The third kappa shape index (κ3) is 4.30. The van der Waals surface area contributed by atoms with E-state index in [2.05, 4.69) is 6.92 Å². The van der Waals surface area contributed by atoms with E-state index in [1.807, 2.05) is 83.8 Å². The quantitative estimate of drug-likeness (QED) is 0.460. The molecule has 0 saturated carbocycles. The second-order valence-corrected chi connectivity index (χ2v) is 8.97. The average molecular weight is 471 g/mol. The minimum absolute atomic E-state index is 0.0224. The summed E-state index contributed by atoms with van der Waals surface area (Å²) in [5.74, 6) is 1.16. The predicted molar refractivity (Wildman–Crippen MR) is 136 cm³/mol. The summed E-state index contributed by atoms with van der Waals surface area (Å²) in [5.41, 5.74) is 2.66. The molecule has 0 aromatic heterocycles. The van der Waals surface area contributed by atoms with Gasteiger partial charge < -0.3 is 19.5 Å². The fraction of sp³-hybridized carbons (Fsp3) is 0.310. The molecular formula is C29H30N2O4. The normalized spacial score (nSPS) is 20.6. The van der Waals surface area contributed by atoms with Gasteiger partial charge in [0.25, 0.3) is 5.91 Å². The van der Waals surface area contributed by atoms with Gasteiger partial charge in [-0.25, -0.2) is 4.99 Å². The number of carbonyl (C=O) groups excluding carboxylic acids is 1. The van der Waals surface area contributed by atoms with E-state index in [-0.39, 0.29) is 12.5 Å². The van der Waals surface area contributed by atoms with Crippen LogP contribution in [0.4, 0.5) is 5.69 Å². The van der Waals surface area contributed by atoms with Crippen LogP contribution in [0.3, 0.4) is 0 Å². The van der Waals surface area contributed by atoms with E-state index in [4.69, 9.17) is 19.6 Å². The number of aliphatic imine (C=N–C) groups is 1. The highest BCUT2D eigenvalue weighted by Crippen LogP contribution is 2.50. The lowest BCUT2D eigenvalue weighted by molar-refractivity contribution is -0.127. The molecule has 2 aliphatic rings. The number of ether oxygens (including phenoxy) is 2. The topological polar surface area (TPSA) is 71.4 Å².